The summed E-state index contributed by atoms with van der Waals surface area (Å²) >= 11 is 0. The van der Waals surface area contributed by atoms with E-state index in [0.29, 0.717) is 6.04 Å². The normalized spacial score (nSPS) is 11.2. The molecule has 1 heterocycles. The van der Waals surface area contributed by atoms with Crippen LogP contribution in [0.25, 0.3) is 11.1 Å². The van der Waals surface area contributed by atoms with Crippen molar-refractivity contribution in [2.45, 2.75) is 39.8 Å². The van der Waals surface area contributed by atoms with Crippen LogP contribution in [0.2, 0.25) is 0 Å². The number of hydrogen-bond donors (Lipinski definition) is 1. The number of benzene rings is 1. The minimum atomic E-state index is 0.508. The summed E-state index contributed by atoms with van der Waals surface area (Å²) in [5, 5.41) is 7.96. The Hall–Kier alpha value is -1.61. The van der Waals surface area contributed by atoms with Crippen molar-refractivity contribution in [2.24, 2.45) is 7.05 Å². The smallest absolute Gasteiger partial charge is 0.0700 e. The van der Waals surface area contributed by atoms with Crippen LogP contribution in [-0.2, 0) is 20.0 Å². The molecule has 0 radical (unpaired) electrons. The fraction of sp³-hybridized carbons (Fsp3) is 0.438. The Balaban J connectivity index is 2.27. The van der Waals surface area contributed by atoms with Gasteiger partial charge in [-0.25, -0.2) is 0 Å². The molecule has 0 unspecified atom stereocenters. The molecule has 0 fully saturated rings. The Bertz CT molecular complexity index is 541. The number of nitrogens with one attached hydrogen (secondary N) is 1. The van der Waals surface area contributed by atoms with Crippen molar-refractivity contribution in [3.8, 4) is 11.1 Å². The van der Waals surface area contributed by atoms with E-state index in [4.69, 9.17) is 0 Å². The molecule has 0 atom stereocenters. The predicted octanol–water partition coefficient (Wildman–Crippen LogP) is 3.15. The number of rotatable bonds is 5. The quantitative estimate of drug-likeness (QED) is 0.891. The third-order valence-corrected chi connectivity index (χ3v) is 3.19. The van der Waals surface area contributed by atoms with Gasteiger partial charge in [0.25, 0.3) is 0 Å². The molecule has 3 heteroatoms. The summed E-state index contributed by atoms with van der Waals surface area (Å²) in [6.07, 6.45) is 3.07. The van der Waals surface area contributed by atoms with Gasteiger partial charge in [0.15, 0.2) is 0 Å². The summed E-state index contributed by atoms with van der Waals surface area (Å²) in [6.45, 7) is 7.39. The van der Waals surface area contributed by atoms with Crippen molar-refractivity contribution in [3.63, 3.8) is 0 Å². The molecule has 1 aromatic carbocycles. The van der Waals surface area contributed by atoms with Crippen molar-refractivity contribution in [1.29, 1.82) is 0 Å². The summed E-state index contributed by atoms with van der Waals surface area (Å²) in [6, 6.07) is 9.22. The Kier molecular flexibility index (Phi) is 4.38. The van der Waals surface area contributed by atoms with Gasteiger partial charge < -0.3 is 5.32 Å². The number of aromatic nitrogens is 2. The minimum absolute atomic E-state index is 0.508. The number of hydrogen-bond acceptors (Lipinski definition) is 2. The molecule has 0 aliphatic rings. The van der Waals surface area contributed by atoms with E-state index in [1.165, 1.54) is 16.7 Å². The van der Waals surface area contributed by atoms with Gasteiger partial charge in [-0.3, -0.25) is 4.68 Å². The van der Waals surface area contributed by atoms with Gasteiger partial charge in [-0.05, 0) is 23.6 Å². The molecule has 0 aliphatic carbocycles. The van der Waals surface area contributed by atoms with Gasteiger partial charge in [-0.15, -0.1) is 0 Å². The van der Waals surface area contributed by atoms with E-state index in [-0.39, 0.29) is 0 Å². The second-order valence-electron chi connectivity index (χ2n) is 5.25. The molecular formula is C16H23N3. The average molecular weight is 257 g/mol. The first-order valence-electron chi connectivity index (χ1n) is 6.95. The van der Waals surface area contributed by atoms with Gasteiger partial charge in [0.05, 0.1) is 5.69 Å². The Morgan fingerprint density at radius 1 is 1.32 bits per heavy atom. The molecule has 102 valence electrons. The highest BCUT2D eigenvalue weighted by Crippen LogP contribution is 2.24. The first-order chi connectivity index (χ1) is 9.10. The molecule has 1 aromatic heterocycles. The summed E-state index contributed by atoms with van der Waals surface area (Å²) in [4.78, 5) is 0. The summed E-state index contributed by atoms with van der Waals surface area (Å²) in [5.74, 6) is 0. The van der Waals surface area contributed by atoms with Gasteiger partial charge in [-0.2, -0.15) is 5.10 Å². The highest BCUT2D eigenvalue weighted by atomic mass is 15.2. The standard InChI is InChI=1S/C16H23N3/c1-5-16-15(11-19(4)18-16)14-8-6-7-13(9-14)10-17-12(2)3/h6-9,11-12,17H,5,10H2,1-4H3. The number of nitrogens with zero attached hydrogens (tertiary/aromatic N) is 2. The lowest BCUT2D eigenvalue weighted by Crippen LogP contribution is -2.21. The van der Waals surface area contributed by atoms with E-state index in [1.54, 1.807) is 0 Å². The predicted molar refractivity (Wildman–Crippen MR) is 80.0 cm³/mol. The van der Waals surface area contributed by atoms with Crippen molar-refractivity contribution >= 4 is 0 Å². The molecule has 1 N–H and O–H groups in total. The van der Waals surface area contributed by atoms with Gasteiger partial charge in [0.2, 0.25) is 0 Å². The first kappa shape index (κ1) is 13.8. The van der Waals surface area contributed by atoms with Crippen LogP contribution >= 0.6 is 0 Å². The SMILES string of the molecule is CCc1nn(C)cc1-c1cccc(CNC(C)C)c1. The number of aryl methyl sites for hydroxylation is 2. The van der Waals surface area contributed by atoms with Crippen LogP contribution in [0, 0.1) is 0 Å². The van der Waals surface area contributed by atoms with Crippen LogP contribution in [0.4, 0.5) is 0 Å². The summed E-state index contributed by atoms with van der Waals surface area (Å²) in [5.41, 5.74) is 4.98. The lowest BCUT2D eigenvalue weighted by molar-refractivity contribution is 0.589. The fourth-order valence-corrected chi connectivity index (χ4v) is 2.21. The van der Waals surface area contributed by atoms with Crippen molar-refractivity contribution in [2.75, 3.05) is 0 Å². The van der Waals surface area contributed by atoms with Crippen LogP contribution in [0.15, 0.2) is 30.5 Å². The van der Waals surface area contributed by atoms with Gasteiger partial charge >= 0.3 is 0 Å². The van der Waals surface area contributed by atoms with Gasteiger partial charge in [0.1, 0.15) is 0 Å². The monoisotopic (exact) mass is 257 g/mol. The Morgan fingerprint density at radius 3 is 2.79 bits per heavy atom. The zero-order chi connectivity index (χ0) is 13.8. The highest BCUT2D eigenvalue weighted by Gasteiger charge is 2.08. The molecule has 0 aliphatic heterocycles. The molecule has 3 nitrogen and oxygen atoms in total. The van der Waals surface area contributed by atoms with E-state index in [2.05, 4.69) is 61.6 Å². The molecule has 0 saturated heterocycles. The zero-order valence-corrected chi connectivity index (χ0v) is 12.3. The maximum atomic E-state index is 4.51. The zero-order valence-electron chi connectivity index (χ0n) is 12.3. The molecule has 19 heavy (non-hydrogen) atoms. The molecule has 0 amide bonds. The summed E-state index contributed by atoms with van der Waals surface area (Å²) < 4.78 is 1.90. The van der Waals surface area contributed by atoms with E-state index < -0.39 is 0 Å². The average Bonchev–Trinajstić information content (AvgIpc) is 2.78. The first-order valence-corrected chi connectivity index (χ1v) is 6.95. The molecule has 2 rings (SSSR count). The van der Waals surface area contributed by atoms with Crippen LogP contribution in [0.1, 0.15) is 32.0 Å². The topological polar surface area (TPSA) is 29.9 Å². The van der Waals surface area contributed by atoms with Crippen molar-refractivity contribution in [1.82, 2.24) is 15.1 Å². The van der Waals surface area contributed by atoms with Gasteiger partial charge in [-0.1, -0.05) is 39.0 Å². The van der Waals surface area contributed by atoms with Crippen LogP contribution in [0.5, 0.6) is 0 Å². The molecule has 2 aromatic rings. The molecule has 0 bridgehead atoms. The third kappa shape index (κ3) is 3.44. The third-order valence-electron chi connectivity index (χ3n) is 3.19. The van der Waals surface area contributed by atoms with Gasteiger partial charge in [0, 0.05) is 31.4 Å². The van der Waals surface area contributed by atoms with E-state index >= 15 is 0 Å². The maximum Gasteiger partial charge on any atom is 0.0700 e. The molecule has 0 spiro atoms. The van der Waals surface area contributed by atoms with Crippen LogP contribution in [-0.4, -0.2) is 15.8 Å². The van der Waals surface area contributed by atoms with Crippen LogP contribution < -0.4 is 5.32 Å². The van der Waals surface area contributed by atoms with Crippen LogP contribution in [0.3, 0.4) is 0 Å². The Morgan fingerprint density at radius 2 is 2.11 bits per heavy atom. The maximum absolute atomic E-state index is 4.51. The second-order valence-corrected chi connectivity index (χ2v) is 5.25. The summed E-state index contributed by atoms with van der Waals surface area (Å²) in [7, 11) is 1.98. The lowest BCUT2D eigenvalue weighted by Gasteiger charge is -2.09. The van der Waals surface area contributed by atoms with E-state index in [9.17, 15) is 0 Å². The van der Waals surface area contributed by atoms with E-state index in [1.807, 2.05) is 11.7 Å². The largest absolute Gasteiger partial charge is 0.310 e. The fourth-order valence-electron chi connectivity index (χ4n) is 2.21. The molecule has 0 saturated carbocycles. The Labute approximate surface area is 115 Å². The molecular weight excluding hydrogens is 234 g/mol. The highest BCUT2D eigenvalue weighted by molar-refractivity contribution is 5.66. The second kappa shape index (κ2) is 6.02. The van der Waals surface area contributed by atoms with Crippen molar-refractivity contribution < 1.29 is 0 Å². The minimum Gasteiger partial charge on any atom is -0.310 e. The van der Waals surface area contributed by atoms with Crippen molar-refractivity contribution in [3.05, 3.63) is 41.7 Å². The van der Waals surface area contributed by atoms with E-state index in [0.717, 1.165) is 18.7 Å². The lowest BCUT2D eigenvalue weighted by atomic mass is 10.0.